The Morgan fingerprint density at radius 3 is 2.83 bits per heavy atom. The van der Waals surface area contributed by atoms with Crippen molar-refractivity contribution >= 4 is 11.9 Å². The van der Waals surface area contributed by atoms with Crippen LogP contribution in [0.2, 0.25) is 0 Å². The first-order chi connectivity index (χ1) is 8.58. The van der Waals surface area contributed by atoms with Gasteiger partial charge < -0.3 is 10.0 Å². The summed E-state index contributed by atoms with van der Waals surface area (Å²) < 4.78 is 0. The number of nitrogens with zero attached hydrogens (tertiary/aromatic N) is 2. The average Bonchev–Trinajstić information content (AvgIpc) is 2.28. The minimum absolute atomic E-state index is 0.0387. The SMILES string of the molecule is CC(C(=O)O)C1CN(C(=O)Cc2cccnc2)C1. The molecule has 1 fully saturated rings. The van der Waals surface area contributed by atoms with Crippen LogP contribution in [0.5, 0.6) is 0 Å². The van der Waals surface area contributed by atoms with Crippen LogP contribution >= 0.6 is 0 Å². The summed E-state index contributed by atoms with van der Waals surface area (Å²) in [5.74, 6) is -1.05. The molecule has 2 heterocycles. The maximum atomic E-state index is 11.9. The van der Waals surface area contributed by atoms with Crippen molar-refractivity contribution in [3.05, 3.63) is 30.1 Å². The van der Waals surface area contributed by atoms with Gasteiger partial charge in [0.1, 0.15) is 0 Å². The largest absolute Gasteiger partial charge is 0.481 e. The topological polar surface area (TPSA) is 70.5 Å². The summed E-state index contributed by atoms with van der Waals surface area (Å²) in [6.45, 7) is 2.79. The molecule has 18 heavy (non-hydrogen) atoms. The van der Waals surface area contributed by atoms with E-state index in [9.17, 15) is 9.59 Å². The third-order valence-electron chi connectivity index (χ3n) is 3.44. The quantitative estimate of drug-likeness (QED) is 0.855. The minimum atomic E-state index is -0.792. The molecule has 1 aromatic rings. The van der Waals surface area contributed by atoms with Crippen molar-refractivity contribution in [3.8, 4) is 0 Å². The number of carbonyl (C=O) groups excluding carboxylic acids is 1. The van der Waals surface area contributed by atoms with E-state index >= 15 is 0 Å². The highest BCUT2D eigenvalue weighted by Gasteiger charge is 2.36. The van der Waals surface area contributed by atoms with Gasteiger partial charge >= 0.3 is 5.97 Å². The van der Waals surface area contributed by atoms with Gasteiger partial charge in [0.25, 0.3) is 0 Å². The Hall–Kier alpha value is -1.91. The average molecular weight is 248 g/mol. The Bertz CT molecular complexity index is 441. The van der Waals surface area contributed by atoms with Crippen LogP contribution in [0.3, 0.4) is 0 Å². The Labute approximate surface area is 105 Å². The van der Waals surface area contributed by atoms with Crippen LogP contribution in [0.1, 0.15) is 12.5 Å². The summed E-state index contributed by atoms with van der Waals surface area (Å²) in [5.41, 5.74) is 0.886. The summed E-state index contributed by atoms with van der Waals surface area (Å²) in [6.07, 6.45) is 3.68. The highest BCUT2D eigenvalue weighted by atomic mass is 16.4. The van der Waals surface area contributed by atoms with Gasteiger partial charge in [0, 0.05) is 31.4 Å². The molecule has 5 nitrogen and oxygen atoms in total. The third-order valence-corrected chi connectivity index (χ3v) is 3.44. The maximum Gasteiger partial charge on any atom is 0.306 e. The zero-order valence-electron chi connectivity index (χ0n) is 10.2. The van der Waals surface area contributed by atoms with Crippen LogP contribution < -0.4 is 0 Å². The lowest BCUT2D eigenvalue weighted by Crippen LogP contribution is -2.53. The van der Waals surface area contributed by atoms with E-state index in [1.807, 2.05) is 6.07 Å². The highest BCUT2D eigenvalue weighted by Crippen LogP contribution is 2.24. The van der Waals surface area contributed by atoms with Gasteiger partial charge in [-0.05, 0) is 11.6 Å². The van der Waals surface area contributed by atoms with Gasteiger partial charge in [-0.1, -0.05) is 13.0 Å². The molecule has 0 spiro atoms. The number of carboxylic acid groups (broad SMARTS) is 1. The molecule has 2 rings (SSSR count). The Morgan fingerprint density at radius 1 is 1.56 bits per heavy atom. The number of likely N-dealkylation sites (tertiary alicyclic amines) is 1. The Balaban J connectivity index is 1.82. The lowest BCUT2D eigenvalue weighted by molar-refractivity contribution is -0.150. The van der Waals surface area contributed by atoms with Gasteiger partial charge in [0.15, 0.2) is 0 Å². The molecule has 96 valence electrons. The second-order valence-electron chi connectivity index (χ2n) is 4.72. The molecule has 0 aromatic carbocycles. The fourth-order valence-corrected chi connectivity index (χ4v) is 2.02. The van der Waals surface area contributed by atoms with Gasteiger partial charge in [-0.15, -0.1) is 0 Å². The first kappa shape index (κ1) is 12.5. The molecule has 1 aliphatic rings. The van der Waals surface area contributed by atoms with Gasteiger partial charge in [-0.2, -0.15) is 0 Å². The van der Waals surface area contributed by atoms with Crippen LogP contribution in [0.15, 0.2) is 24.5 Å². The van der Waals surface area contributed by atoms with Crippen LogP contribution in [-0.2, 0) is 16.0 Å². The number of aromatic nitrogens is 1. The number of carbonyl (C=O) groups is 2. The van der Waals surface area contributed by atoms with Gasteiger partial charge in [0.2, 0.25) is 5.91 Å². The fourth-order valence-electron chi connectivity index (χ4n) is 2.02. The zero-order chi connectivity index (χ0) is 13.1. The predicted octanol–water partition coefficient (Wildman–Crippen LogP) is 0.803. The van der Waals surface area contributed by atoms with Crippen LogP contribution in [0, 0.1) is 11.8 Å². The molecule has 1 saturated heterocycles. The lowest BCUT2D eigenvalue weighted by atomic mass is 9.87. The number of pyridine rings is 1. The van der Waals surface area contributed by atoms with E-state index in [-0.39, 0.29) is 17.7 Å². The summed E-state index contributed by atoms with van der Waals surface area (Å²) in [7, 11) is 0. The summed E-state index contributed by atoms with van der Waals surface area (Å²) in [6, 6.07) is 3.66. The molecule has 0 aliphatic carbocycles. The van der Waals surface area contributed by atoms with E-state index in [4.69, 9.17) is 5.11 Å². The molecule has 0 bridgehead atoms. The number of aliphatic carboxylic acids is 1. The maximum absolute atomic E-state index is 11.9. The van der Waals surface area contributed by atoms with Crippen LogP contribution in [0.25, 0.3) is 0 Å². The van der Waals surface area contributed by atoms with E-state index in [1.165, 1.54) is 0 Å². The van der Waals surface area contributed by atoms with Gasteiger partial charge in [0.05, 0.1) is 12.3 Å². The van der Waals surface area contributed by atoms with Gasteiger partial charge in [-0.3, -0.25) is 14.6 Å². The van der Waals surface area contributed by atoms with E-state index in [2.05, 4.69) is 4.98 Å². The minimum Gasteiger partial charge on any atom is -0.481 e. The molecule has 5 heteroatoms. The summed E-state index contributed by atoms with van der Waals surface area (Å²) in [5, 5.41) is 8.87. The zero-order valence-corrected chi connectivity index (χ0v) is 10.2. The van der Waals surface area contributed by atoms with Crippen molar-refractivity contribution in [2.45, 2.75) is 13.3 Å². The summed E-state index contributed by atoms with van der Waals surface area (Å²) in [4.78, 5) is 28.3. The van der Waals surface area contributed by atoms with Crippen LogP contribution in [-0.4, -0.2) is 40.0 Å². The van der Waals surface area contributed by atoms with Crippen molar-refractivity contribution in [1.82, 2.24) is 9.88 Å². The lowest BCUT2D eigenvalue weighted by Gasteiger charge is -2.41. The Morgan fingerprint density at radius 2 is 2.28 bits per heavy atom. The predicted molar refractivity (Wildman–Crippen MR) is 64.8 cm³/mol. The smallest absolute Gasteiger partial charge is 0.306 e. The standard InChI is InChI=1S/C13H16N2O3/c1-9(13(17)18)11-7-15(8-11)12(16)5-10-3-2-4-14-6-10/h2-4,6,9,11H,5,7-8H2,1H3,(H,17,18). The van der Waals surface area contributed by atoms with Crippen molar-refractivity contribution < 1.29 is 14.7 Å². The molecule has 1 aliphatic heterocycles. The molecule has 1 unspecified atom stereocenters. The monoisotopic (exact) mass is 248 g/mol. The number of rotatable bonds is 4. The highest BCUT2D eigenvalue weighted by molar-refractivity contribution is 5.80. The van der Waals surface area contributed by atoms with E-state index in [1.54, 1.807) is 30.3 Å². The van der Waals surface area contributed by atoms with E-state index in [0.29, 0.717) is 19.5 Å². The first-order valence-electron chi connectivity index (χ1n) is 5.97. The number of hydrogen-bond acceptors (Lipinski definition) is 3. The van der Waals surface area contributed by atoms with Crippen molar-refractivity contribution in [3.63, 3.8) is 0 Å². The molecule has 1 N–H and O–H groups in total. The molecular formula is C13H16N2O3. The molecule has 0 saturated carbocycles. The van der Waals surface area contributed by atoms with Gasteiger partial charge in [-0.25, -0.2) is 0 Å². The molecule has 1 atom stereocenters. The molecule has 1 amide bonds. The molecule has 1 aromatic heterocycles. The van der Waals surface area contributed by atoms with Crippen molar-refractivity contribution in [2.75, 3.05) is 13.1 Å². The second kappa shape index (κ2) is 5.16. The number of amides is 1. The molecule has 0 radical (unpaired) electrons. The van der Waals surface area contributed by atoms with E-state index in [0.717, 1.165) is 5.56 Å². The van der Waals surface area contributed by atoms with Crippen LogP contribution in [0.4, 0.5) is 0 Å². The third kappa shape index (κ3) is 2.67. The van der Waals surface area contributed by atoms with Crippen molar-refractivity contribution in [2.24, 2.45) is 11.8 Å². The summed E-state index contributed by atoms with van der Waals surface area (Å²) >= 11 is 0. The van der Waals surface area contributed by atoms with E-state index < -0.39 is 5.97 Å². The van der Waals surface area contributed by atoms with Crippen molar-refractivity contribution in [1.29, 1.82) is 0 Å². The second-order valence-corrected chi connectivity index (χ2v) is 4.72. The fraction of sp³-hybridized carbons (Fsp3) is 0.462. The normalized spacial score (nSPS) is 17.1. The molecular weight excluding hydrogens is 232 g/mol. The number of carboxylic acids is 1. The first-order valence-corrected chi connectivity index (χ1v) is 5.97. The Kier molecular flexibility index (Phi) is 3.60. The number of hydrogen-bond donors (Lipinski definition) is 1.